The van der Waals surface area contributed by atoms with Crippen LogP contribution in [0, 0.1) is 11.8 Å². The molecular weight excluding hydrogens is 298 g/mol. The molecule has 0 aromatic heterocycles. The first-order valence-electron chi connectivity index (χ1n) is 4.52. The standard InChI is InChI=1S/C9H4Cl4O3/c10-4-5(11)9(13)1-8(4,12)2-3(9)7(15)16-6(2)14/h2-3H,1H2/t2-,3+,8-,9-/m0/s1. The normalized spacial score (nSPS) is 50.0. The highest BCUT2D eigenvalue weighted by Crippen LogP contribution is 2.69. The first kappa shape index (κ1) is 11.1. The molecule has 0 aromatic carbocycles. The van der Waals surface area contributed by atoms with Crippen molar-refractivity contribution < 1.29 is 14.3 Å². The molecule has 7 heteroatoms. The van der Waals surface area contributed by atoms with Gasteiger partial charge in [-0.25, -0.2) is 0 Å². The van der Waals surface area contributed by atoms with E-state index in [1.54, 1.807) is 0 Å². The van der Waals surface area contributed by atoms with Crippen LogP contribution >= 0.6 is 46.4 Å². The fourth-order valence-corrected chi connectivity index (χ4v) is 4.70. The number of cyclic esters (lactones) is 2. The van der Waals surface area contributed by atoms with Crippen molar-refractivity contribution in [1.82, 2.24) is 0 Å². The van der Waals surface area contributed by atoms with Crippen LogP contribution in [0.25, 0.3) is 0 Å². The molecule has 0 unspecified atom stereocenters. The van der Waals surface area contributed by atoms with Gasteiger partial charge < -0.3 is 4.74 Å². The summed E-state index contributed by atoms with van der Waals surface area (Å²) in [5.41, 5.74) is 0. The molecular formula is C9H4Cl4O3. The third-order valence-corrected chi connectivity index (χ3v) is 5.92. The molecule has 1 aliphatic heterocycles. The molecule has 3 nitrogen and oxygen atoms in total. The average Bonchev–Trinajstić information content (AvgIpc) is 2.68. The number of rotatable bonds is 0. The number of hydrogen-bond donors (Lipinski definition) is 0. The number of hydrogen-bond acceptors (Lipinski definition) is 3. The molecule has 2 fully saturated rings. The van der Waals surface area contributed by atoms with Gasteiger partial charge in [0, 0.05) is 0 Å². The molecule has 0 N–H and O–H groups in total. The Bertz CT molecular complexity index is 433. The van der Waals surface area contributed by atoms with E-state index in [1.807, 2.05) is 0 Å². The van der Waals surface area contributed by atoms with Gasteiger partial charge in [-0.3, -0.25) is 9.59 Å². The molecule has 4 atom stereocenters. The minimum absolute atomic E-state index is 0.152. The minimum Gasteiger partial charge on any atom is -0.393 e. The zero-order chi connectivity index (χ0) is 11.9. The van der Waals surface area contributed by atoms with Crippen molar-refractivity contribution in [3.63, 3.8) is 0 Å². The lowest BCUT2D eigenvalue weighted by molar-refractivity contribution is -0.154. The Morgan fingerprint density at radius 2 is 1.38 bits per heavy atom. The number of carbonyl (C=O) groups excluding carboxylic acids is 2. The maximum absolute atomic E-state index is 11.5. The summed E-state index contributed by atoms with van der Waals surface area (Å²) >= 11 is 24.5. The highest BCUT2D eigenvalue weighted by atomic mass is 35.5. The predicted molar refractivity (Wildman–Crippen MR) is 58.6 cm³/mol. The van der Waals surface area contributed by atoms with Gasteiger partial charge in [0.15, 0.2) is 0 Å². The van der Waals surface area contributed by atoms with Crippen molar-refractivity contribution in [1.29, 1.82) is 0 Å². The van der Waals surface area contributed by atoms with Gasteiger partial charge in [0.25, 0.3) is 0 Å². The summed E-state index contributed by atoms with van der Waals surface area (Å²) in [5.74, 6) is -2.99. The molecule has 16 heavy (non-hydrogen) atoms. The Morgan fingerprint density at radius 3 is 1.75 bits per heavy atom. The van der Waals surface area contributed by atoms with Crippen LogP contribution in [0.2, 0.25) is 0 Å². The molecule has 2 bridgehead atoms. The van der Waals surface area contributed by atoms with Gasteiger partial charge in [-0.2, -0.15) is 0 Å². The van der Waals surface area contributed by atoms with Gasteiger partial charge in [-0.1, -0.05) is 23.2 Å². The van der Waals surface area contributed by atoms with Crippen LogP contribution in [-0.4, -0.2) is 21.7 Å². The van der Waals surface area contributed by atoms with Gasteiger partial charge in [0.05, 0.1) is 31.6 Å². The Balaban J connectivity index is 2.25. The fraction of sp³-hybridized carbons (Fsp3) is 0.556. The van der Waals surface area contributed by atoms with Gasteiger partial charge in [-0.15, -0.1) is 23.2 Å². The number of esters is 2. The van der Waals surface area contributed by atoms with Crippen LogP contribution in [0.4, 0.5) is 0 Å². The van der Waals surface area contributed by atoms with Crippen LogP contribution in [0.5, 0.6) is 0 Å². The van der Waals surface area contributed by atoms with Crippen LogP contribution in [0.1, 0.15) is 6.42 Å². The van der Waals surface area contributed by atoms with Crippen molar-refractivity contribution in [3.8, 4) is 0 Å². The molecule has 0 spiro atoms. The first-order valence-corrected chi connectivity index (χ1v) is 6.03. The molecule has 2 aliphatic carbocycles. The summed E-state index contributed by atoms with van der Waals surface area (Å²) in [6.07, 6.45) is 0.178. The molecule has 0 aromatic rings. The van der Waals surface area contributed by atoms with Crippen LogP contribution in [0.3, 0.4) is 0 Å². The highest BCUT2D eigenvalue weighted by molar-refractivity contribution is 6.52. The lowest BCUT2D eigenvalue weighted by atomic mass is 9.84. The van der Waals surface area contributed by atoms with Crippen LogP contribution in [0.15, 0.2) is 10.1 Å². The van der Waals surface area contributed by atoms with Gasteiger partial charge in [0.1, 0.15) is 0 Å². The van der Waals surface area contributed by atoms with Crippen molar-refractivity contribution in [2.24, 2.45) is 11.8 Å². The second-order valence-corrected chi connectivity index (χ2v) is 6.33. The first-order chi connectivity index (χ1) is 7.32. The highest BCUT2D eigenvalue weighted by Gasteiger charge is 2.76. The van der Waals surface area contributed by atoms with Crippen molar-refractivity contribution in [2.75, 3.05) is 0 Å². The van der Waals surface area contributed by atoms with Crippen molar-refractivity contribution in [3.05, 3.63) is 10.1 Å². The van der Waals surface area contributed by atoms with E-state index in [0.717, 1.165) is 0 Å². The third kappa shape index (κ3) is 0.953. The number of halogens is 4. The Hall–Kier alpha value is 0.0400. The summed E-state index contributed by atoms with van der Waals surface area (Å²) in [7, 11) is 0. The molecule has 1 saturated heterocycles. The molecule has 3 rings (SSSR count). The molecule has 86 valence electrons. The summed E-state index contributed by atoms with van der Waals surface area (Å²) in [4.78, 5) is 20.7. The van der Waals surface area contributed by atoms with E-state index in [0.29, 0.717) is 0 Å². The van der Waals surface area contributed by atoms with E-state index >= 15 is 0 Å². The summed E-state index contributed by atoms with van der Waals surface area (Å²) in [5, 5.41) is 0.303. The quantitative estimate of drug-likeness (QED) is 0.392. The van der Waals surface area contributed by atoms with E-state index in [1.165, 1.54) is 0 Å². The second-order valence-electron chi connectivity index (χ2n) is 4.23. The second kappa shape index (κ2) is 2.89. The molecule has 1 heterocycles. The third-order valence-electron chi connectivity index (χ3n) is 3.47. The molecule has 0 radical (unpaired) electrons. The van der Waals surface area contributed by atoms with E-state index in [9.17, 15) is 9.59 Å². The number of fused-ring (bicyclic) bond motifs is 5. The van der Waals surface area contributed by atoms with Gasteiger partial charge in [-0.05, 0) is 6.42 Å². The van der Waals surface area contributed by atoms with Gasteiger partial charge in [0.2, 0.25) is 0 Å². The van der Waals surface area contributed by atoms with Crippen LogP contribution in [-0.2, 0) is 14.3 Å². The minimum atomic E-state index is -1.19. The topological polar surface area (TPSA) is 43.4 Å². The van der Waals surface area contributed by atoms with E-state index in [-0.39, 0.29) is 16.5 Å². The summed E-state index contributed by atoms with van der Waals surface area (Å²) < 4.78 is 4.55. The largest absolute Gasteiger partial charge is 0.393 e. The number of ether oxygens (including phenoxy) is 1. The number of carbonyl (C=O) groups is 2. The molecule has 0 amide bonds. The average molecular weight is 302 g/mol. The molecule has 1 saturated carbocycles. The smallest absolute Gasteiger partial charge is 0.319 e. The van der Waals surface area contributed by atoms with E-state index in [2.05, 4.69) is 4.74 Å². The van der Waals surface area contributed by atoms with E-state index < -0.39 is 33.5 Å². The monoisotopic (exact) mass is 300 g/mol. The Morgan fingerprint density at radius 1 is 1.00 bits per heavy atom. The molecule has 3 aliphatic rings. The lowest BCUT2D eigenvalue weighted by Crippen LogP contribution is -2.38. The summed E-state index contributed by atoms with van der Waals surface area (Å²) in [6.45, 7) is 0. The zero-order valence-electron chi connectivity index (χ0n) is 7.60. The van der Waals surface area contributed by atoms with Gasteiger partial charge >= 0.3 is 11.9 Å². The lowest BCUT2D eigenvalue weighted by Gasteiger charge is -2.27. The SMILES string of the molecule is O=C1OC(=O)[C@H]2[C@@H]1[C@@]1(Cl)C[C@@]2(Cl)C(Cl)=C1Cl. The van der Waals surface area contributed by atoms with E-state index in [4.69, 9.17) is 46.4 Å². The van der Waals surface area contributed by atoms with Crippen molar-refractivity contribution in [2.45, 2.75) is 16.2 Å². The number of alkyl halides is 2. The maximum Gasteiger partial charge on any atom is 0.319 e. The van der Waals surface area contributed by atoms with Crippen molar-refractivity contribution >= 4 is 58.3 Å². The number of allylic oxidation sites excluding steroid dienone is 2. The maximum atomic E-state index is 11.5. The summed E-state index contributed by atoms with van der Waals surface area (Å²) in [6, 6.07) is 0. The Kier molecular flexibility index (Phi) is 2.01. The zero-order valence-corrected chi connectivity index (χ0v) is 10.6. The fourth-order valence-electron chi connectivity index (χ4n) is 2.79. The van der Waals surface area contributed by atoms with Crippen LogP contribution < -0.4 is 0 Å². The Labute approximate surface area is 111 Å². The predicted octanol–water partition coefficient (Wildman–Crippen LogP) is 2.36.